The molecule has 2 aromatic carbocycles. The topological polar surface area (TPSA) is 72.2 Å². The van der Waals surface area contributed by atoms with E-state index in [1.807, 2.05) is 25.1 Å². The van der Waals surface area contributed by atoms with E-state index in [1.54, 1.807) is 24.3 Å². The van der Waals surface area contributed by atoms with Gasteiger partial charge in [-0.2, -0.15) is 0 Å². The maximum atomic E-state index is 12.2. The van der Waals surface area contributed by atoms with E-state index in [1.165, 1.54) is 5.56 Å². The van der Waals surface area contributed by atoms with Crippen molar-refractivity contribution in [2.24, 2.45) is 5.73 Å². The van der Waals surface area contributed by atoms with Gasteiger partial charge in [0, 0.05) is 31.6 Å². The third kappa shape index (κ3) is 7.28. The van der Waals surface area contributed by atoms with Crippen LogP contribution < -0.4 is 10.5 Å². The molecule has 4 nitrogen and oxygen atoms in total. The summed E-state index contributed by atoms with van der Waals surface area (Å²) in [5.41, 5.74) is 8.33. The summed E-state index contributed by atoms with van der Waals surface area (Å²) < 4.78 is 27.1. The Hall–Kier alpha value is -1.07. The van der Waals surface area contributed by atoms with E-state index in [9.17, 15) is 8.42 Å². The van der Waals surface area contributed by atoms with Crippen molar-refractivity contribution in [2.75, 3.05) is 0 Å². The van der Waals surface area contributed by atoms with Crippen LogP contribution >= 0.6 is 0 Å². The third-order valence-corrected chi connectivity index (χ3v) is 5.90. The summed E-state index contributed by atoms with van der Waals surface area (Å²) in [6, 6.07) is 16.9. The van der Waals surface area contributed by atoms with Gasteiger partial charge in [0.2, 0.25) is 10.0 Å². The molecule has 0 spiro atoms. The Morgan fingerprint density at radius 2 is 1.42 bits per heavy atom. The molecule has 1 saturated carbocycles. The molecule has 26 heavy (non-hydrogen) atoms. The first kappa shape index (κ1) is 23.0. The summed E-state index contributed by atoms with van der Waals surface area (Å²) in [5.74, 6) is 0. The fourth-order valence-corrected chi connectivity index (χ4v) is 4.15. The molecule has 0 saturated heterocycles. The number of sulfonamides is 1. The molecule has 1 aliphatic rings. The quantitative estimate of drug-likeness (QED) is 0.687. The minimum atomic E-state index is -3.44. The average Bonchev–Trinajstić information content (AvgIpc) is 2.58. The molecule has 3 N–H and O–H groups in total. The van der Waals surface area contributed by atoms with Gasteiger partial charge in [-0.3, -0.25) is 0 Å². The summed E-state index contributed by atoms with van der Waals surface area (Å²) in [6.45, 7) is 4.01. The van der Waals surface area contributed by atoms with E-state index in [2.05, 4.69) is 23.8 Å². The second-order valence-electron chi connectivity index (χ2n) is 6.64. The molecule has 0 aromatic heterocycles. The second kappa shape index (κ2) is 10.9. The van der Waals surface area contributed by atoms with Gasteiger partial charge in [-0.1, -0.05) is 66.4 Å². The van der Waals surface area contributed by atoms with Crippen LogP contribution in [0.3, 0.4) is 0 Å². The molecule has 6 heteroatoms. The minimum Gasteiger partial charge on any atom is -0.326 e. The molecular weight excluding hydrogens is 433 g/mol. The van der Waals surface area contributed by atoms with Gasteiger partial charge in [-0.25, -0.2) is 13.1 Å². The Morgan fingerprint density at radius 3 is 1.92 bits per heavy atom. The van der Waals surface area contributed by atoms with Crippen molar-refractivity contribution in [1.82, 2.24) is 4.72 Å². The van der Waals surface area contributed by atoms with Crippen LogP contribution in [0.5, 0.6) is 0 Å². The number of aryl methyl sites for hydroxylation is 2. The van der Waals surface area contributed by atoms with Crippen LogP contribution in [0, 0.1) is 13.8 Å². The van der Waals surface area contributed by atoms with Crippen LogP contribution in [-0.2, 0) is 29.5 Å². The van der Waals surface area contributed by atoms with Gasteiger partial charge < -0.3 is 5.73 Å². The van der Waals surface area contributed by atoms with E-state index in [-0.39, 0.29) is 31.6 Å². The van der Waals surface area contributed by atoms with Crippen molar-refractivity contribution < 1.29 is 27.9 Å². The van der Waals surface area contributed by atoms with Crippen LogP contribution in [0.1, 0.15) is 36.8 Å². The maximum absolute atomic E-state index is 12.2. The van der Waals surface area contributed by atoms with Crippen LogP contribution in [0.15, 0.2) is 59.5 Å². The first-order valence-corrected chi connectivity index (χ1v) is 10.2. The molecule has 0 amide bonds. The monoisotopic (exact) mass is 462 g/mol. The first-order chi connectivity index (χ1) is 11.9. The van der Waals surface area contributed by atoms with Gasteiger partial charge in [0.1, 0.15) is 0 Å². The third-order valence-electron chi connectivity index (χ3n) is 4.40. The molecule has 0 aliphatic heterocycles. The van der Waals surface area contributed by atoms with Crippen molar-refractivity contribution in [3.8, 4) is 0 Å². The smallest absolute Gasteiger partial charge is 0.240 e. The Kier molecular flexibility index (Phi) is 9.66. The van der Waals surface area contributed by atoms with Crippen LogP contribution in [-0.4, -0.2) is 20.5 Å². The molecular formula is C20H28N2O2RuS. The van der Waals surface area contributed by atoms with Gasteiger partial charge in [-0.15, -0.1) is 0 Å². The van der Waals surface area contributed by atoms with Crippen LogP contribution in [0.4, 0.5) is 0 Å². The van der Waals surface area contributed by atoms with Gasteiger partial charge in [-0.05, 0) is 38.8 Å². The van der Waals surface area contributed by atoms with Gasteiger partial charge in [0.05, 0.1) is 4.90 Å². The van der Waals surface area contributed by atoms with E-state index < -0.39 is 10.0 Å². The Morgan fingerprint density at radius 1 is 0.885 bits per heavy atom. The van der Waals surface area contributed by atoms with Crippen LogP contribution in [0.25, 0.3) is 0 Å². The fourth-order valence-electron chi connectivity index (χ4n) is 2.82. The van der Waals surface area contributed by atoms with E-state index in [0.29, 0.717) is 4.90 Å². The standard InChI is InChI=1S/C13H20N2O2S.C7H8.Ru/c1-10-6-8-11(9-7-10)18(16,17)15-13-5-3-2-4-12(13)14;1-7-5-3-2-4-6-7;/h6-9,12-13,15H,2-5,14H2,1H3;2-6H,1H3;/t12-,13-;;/m0../s1. The van der Waals surface area contributed by atoms with E-state index in [0.717, 1.165) is 31.2 Å². The zero-order chi connectivity index (χ0) is 18.3. The summed E-state index contributed by atoms with van der Waals surface area (Å²) in [7, 11) is -3.44. The first-order valence-electron chi connectivity index (χ1n) is 8.75. The van der Waals surface area contributed by atoms with Gasteiger partial charge in [0.25, 0.3) is 0 Å². The Bertz CT molecular complexity index is 749. The molecule has 3 rings (SSSR count). The zero-order valence-corrected chi connectivity index (χ0v) is 17.9. The van der Waals surface area contributed by atoms with Crippen molar-refractivity contribution in [3.05, 3.63) is 65.7 Å². The van der Waals surface area contributed by atoms with Crippen molar-refractivity contribution in [2.45, 2.75) is 56.5 Å². The number of nitrogens with one attached hydrogen (secondary N) is 1. The van der Waals surface area contributed by atoms with Crippen LogP contribution in [0.2, 0.25) is 0 Å². The number of hydrogen-bond acceptors (Lipinski definition) is 3. The predicted octanol–water partition coefficient (Wildman–Crippen LogP) is 3.54. The summed E-state index contributed by atoms with van der Waals surface area (Å²) in [5, 5.41) is 0. The van der Waals surface area contributed by atoms with E-state index >= 15 is 0 Å². The van der Waals surface area contributed by atoms with Gasteiger partial charge >= 0.3 is 0 Å². The number of nitrogens with two attached hydrogens (primary N) is 1. The molecule has 144 valence electrons. The Balaban J connectivity index is 0.000000357. The summed E-state index contributed by atoms with van der Waals surface area (Å²) >= 11 is 0. The molecule has 1 aliphatic carbocycles. The largest absolute Gasteiger partial charge is 0.326 e. The molecule has 0 heterocycles. The van der Waals surface area contributed by atoms with Crippen molar-refractivity contribution in [1.29, 1.82) is 0 Å². The summed E-state index contributed by atoms with van der Waals surface area (Å²) in [6.07, 6.45) is 3.84. The second-order valence-corrected chi connectivity index (χ2v) is 8.36. The predicted molar refractivity (Wildman–Crippen MR) is 103 cm³/mol. The number of rotatable bonds is 3. The zero-order valence-electron chi connectivity index (χ0n) is 15.3. The average molecular weight is 462 g/mol. The van der Waals surface area contributed by atoms with Crippen molar-refractivity contribution in [3.63, 3.8) is 0 Å². The summed E-state index contributed by atoms with van der Waals surface area (Å²) in [4.78, 5) is 0.311. The normalized spacial score (nSPS) is 19.7. The number of benzene rings is 2. The molecule has 2 aromatic rings. The molecule has 0 bridgehead atoms. The van der Waals surface area contributed by atoms with Crippen molar-refractivity contribution >= 4 is 10.0 Å². The SMILES string of the molecule is Cc1ccc(S(=O)(=O)N[C@H]2CCCC[C@@H]2N)cc1.Cc1ccccc1.[Ru]. The minimum absolute atomic E-state index is 0. The Labute approximate surface area is 170 Å². The van der Waals surface area contributed by atoms with E-state index in [4.69, 9.17) is 5.73 Å². The maximum Gasteiger partial charge on any atom is 0.240 e. The molecule has 0 radical (unpaired) electrons. The molecule has 1 fully saturated rings. The molecule has 2 atom stereocenters. The molecule has 0 unspecified atom stereocenters. The fraction of sp³-hybridized carbons (Fsp3) is 0.400. The van der Waals surface area contributed by atoms with Gasteiger partial charge in [0.15, 0.2) is 0 Å². The number of hydrogen-bond donors (Lipinski definition) is 2.